The highest BCUT2D eigenvalue weighted by Gasteiger charge is 2.43. The first kappa shape index (κ1) is 33.0. The van der Waals surface area contributed by atoms with Crippen LogP contribution in [-0.2, 0) is 14.3 Å². The van der Waals surface area contributed by atoms with Crippen molar-refractivity contribution in [2.75, 3.05) is 17.3 Å². The second kappa shape index (κ2) is 14.1. The summed E-state index contributed by atoms with van der Waals surface area (Å²) in [6.07, 6.45) is 2.27. The normalized spacial score (nSPS) is 13.2. The number of hydrogen-bond acceptors (Lipinski definition) is 5. The van der Waals surface area contributed by atoms with Crippen molar-refractivity contribution in [3.63, 3.8) is 0 Å². The molecule has 0 fully saturated rings. The zero-order valence-corrected chi connectivity index (χ0v) is 26.9. The molecule has 2 N–H and O–H groups in total. The quantitative estimate of drug-likeness (QED) is 0.241. The van der Waals surface area contributed by atoms with Crippen LogP contribution in [0, 0.1) is 6.92 Å². The number of ether oxygens (including phenoxy) is 1. The van der Waals surface area contributed by atoms with Gasteiger partial charge in [-0.25, -0.2) is 4.79 Å². The van der Waals surface area contributed by atoms with Crippen LogP contribution in [-0.4, -0.2) is 52.0 Å². The summed E-state index contributed by atoms with van der Waals surface area (Å²) in [6.45, 7) is 13.2. The minimum atomic E-state index is -0.947. The fourth-order valence-electron chi connectivity index (χ4n) is 4.83. The number of nitrogens with zero attached hydrogens (tertiary/aromatic N) is 1. The Labute approximate surface area is 254 Å². The van der Waals surface area contributed by atoms with Gasteiger partial charge in [0, 0.05) is 11.2 Å². The minimum absolute atomic E-state index is 0.324. The van der Waals surface area contributed by atoms with Gasteiger partial charge < -0.3 is 20.3 Å². The third-order valence-corrected chi connectivity index (χ3v) is 8.01. The lowest BCUT2D eigenvalue weighted by molar-refractivity contribution is -0.147. The number of benzene rings is 3. The zero-order chi connectivity index (χ0) is 31.1. The monoisotopic (exact) mass is 591 g/mol. The summed E-state index contributed by atoms with van der Waals surface area (Å²) < 4.78 is 5.51. The molecule has 0 saturated carbocycles. The van der Waals surface area contributed by atoms with Gasteiger partial charge in [-0.05, 0) is 100 Å². The highest BCUT2D eigenvalue weighted by Crippen LogP contribution is 2.35. The molecule has 7 nitrogen and oxygen atoms in total. The number of fused-ring (bicyclic) bond motifs is 1. The van der Waals surface area contributed by atoms with E-state index in [4.69, 9.17) is 4.74 Å². The SMILES string of the molecule is CCC(C)(C)N(C(=O)C(CCSC)NC(=O)OC(C)(C)C)C(C(=O)Nc1ccc2ccccc2c1)c1ccccc1C. The van der Waals surface area contributed by atoms with Gasteiger partial charge in [0.1, 0.15) is 17.7 Å². The summed E-state index contributed by atoms with van der Waals surface area (Å²) in [6, 6.07) is 19.5. The third kappa shape index (κ3) is 8.51. The molecule has 0 bridgehead atoms. The van der Waals surface area contributed by atoms with Crippen LogP contribution < -0.4 is 10.6 Å². The summed E-state index contributed by atoms with van der Waals surface area (Å²) in [4.78, 5) is 43.4. The summed E-state index contributed by atoms with van der Waals surface area (Å²) in [5, 5.41) is 7.99. The molecule has 0 heterocycles. The highest BCUT2D eigenvalue weighted by atomic mass is 32.2. The number of amides is 3. The maximum atomic E-state index is 14.6. The molecular formula is C34H45N3O4S. The number of anilines is 1. The molecule has 0 saturated heterocycles. The topological polar surface area (TPSA) is 87.7 Å². The molecule has 0 aliphatic rings. The molecule has 3 amide bonds. The van der Waals surface area contributed by atoms with E-state index in [0.717, 1.165) is 21.9 Å². The van der Waals surface area contributed by atoms with E-state index in [-0.39, 0.29) is 11.8 Å². The van der Waals surface area contributed by atoms with Crippen molar-refractivity contribution in [2.45, 2.75) is 84.5 Å². The molecule has 0 aromatic heterocycles. The summed E-state index contributed by atoms with van der Waals surface area (Å²) in [5.41, 5.74) is 0.819. The number of nitrogens with one attached hydrogen (secondary N) is 2. The molecule has 0 aliphatic carbocycles. The number of carbonyl (C=O) groups excluding carboxylic acids is 3. The van der Waals surface area contributed by atoms with Crippen LogP contribution in [0.15, 0.2) is 66.7 Å². The molecule has 0 aliphatic heterocycles. The standard InChI is InChI=1S/C34H45N3O4S/c1-9-34(6,7)37(31(39)28(20-21-42-8)36-32(40)41-33(3,4)5)29(27-17-13-10-14-23(27)2)30(38)35-26-19-18-24-15-11-12-16-25(24)22-26/h10-19,22,28-29H,9,20-21H2,1-8H3,(H,35,38)(H,36,40). The van der Waals surface area contributed by atoms with Gasteiger partial charge in [0.15, 0.2) is 0 Å². The Morgan fingerprint density at radius 1 is 0.929 bits per heavy atom. The van der Waals surface area contributed by atoms with E-state index in [1.54, 1.807) is 37.4 Å². The Balaban J connectivity index is 2.10. The smallest absolute Gasteiger partial charge is 0.408 e. The second-order valence-corrected chi connectivity index (χ2v) is 13.2. The zero-order valence-electron chi connectivity index (χ0n) is 26.1. The van der Waals surface area contributed by atoms with Crippen molar-refractivity contribution in [1.82, 2.24) is 10.2 Å². The maximum Gasteiger partial charge on any atom is 0.408 e. The van der Waals surface area contributed by atoms with Crippen molar-refractivity contribution >= 4 is 46.1 Å². The van der Waals surface area contributed by atoms with Gasteiger partial charge in [0.2, 0.25) is 5.91 Å². The fraction of sp³-hybridized carbons (Fsp3) is 0.441. The van der Waals surface area contributed by atoms with Crippen LogP contribution in [0.3, 0.4) is 0 Å². The van der Waals surface area contributed by atoms with Gasteiger partial charge >= 0.3 is 6.09 Å². The Hall–Kier alpha value is -3.52. The van der Waals surface area contributed by atoms with Gasteiger partial charge in [-0.2, -0.15) is 11.8 Å². The number of rotatable bonds is 11. The summed E-state index contributed by atoms with van der Waals surface area (Å²) >= 11 is 1.59. The number of thioether (sulfide) groups is 1. The van der Waals surface area contributed by atoms with E-state index < -0.39 is 29.3 Å². The number of alkyl carbamates (subject to hydrolysis) is 1. The van der Waals surface area contributed by atoms with Gasteiger partial charge in [-0.3, -0.25) is 9.59 Å². The molecule has 0 spiro atoms. The molecule has 3 aromatic rings. The van der Waals surface area contributed by atoms with Gasteiger partial charge in [-0.15, -0.1) is 0 Å². The van der Waals surface area contributed by atoms with E-state index in [9.17, 15) is 14.4 Å². The molecule has 0 radical (unpaired) electrons. The van der Waals surface area contributed by atoms with Crippen molar-refractivity contribution in [2.24, 2.45) is 0 Å². The lowest BCUT2D eigenvalue weighted by Gasteiger charge is -2.45. The predicted molar refractivity (Wildman–Crippen MR) is 174 cm³/mol. The average molecular weight is 592 g/mol. The Bertz CT molecular complexity index is 1400. The average Bonchev–Trinajstić information content (AvgIpc) is 2.93. The van der Waals surface area contributed by atoms with E-state index in [1.165, 1.54) is 0 Å². The van der Waals surface area contributed by atoms with Gasteiger partial charge in [-0.1, -0.05) is 61.5 Å². The van der Waals surface area contributed by atoms with Crippen molar-refractivity contribution < 1.29 is 19.1 Å². The Morgan fingerprint density at radius 2 is 1.57 bits per heavy atom. The largest absolute Gasteiger partial charge is 0.444 e. The van der Waals surface area contributed by atoms with E-state index >= 15 is 0 Å². The van der Waals surface area contributed by atoms with E-state index in [1.807, 2.05) is 101 Å². The van der Waals surface area contributed by atoms with Gasteiger partial charge in [0.25, 0.3) is 5.91 Å². The molecule has 8 heteroatoms. The minimum Gasteiger partial charge on any atom is -0.444 e. The van der Waals surface area contributed by atoms with E-state index in [0.29, 0.717) is 24.3 Å². The number of carbonyl (C=O) groups is 3. The van der Waals surface area contributed by atoms with Gasteiger partial charge in [0.05, 0.1) is 0 Å². The predicted octanol–water partition coefficient (Wildman–Crippen LogP) is 7.49. The highest BCUT2D eigenvalue weighted by molar-refractivity contribution is 7.98. The molecular weight excluding hydrogens is 546 g/mol. The van der Waals surface area contributed by atoms with Crippen LogP contribution in [0.1, 0.15) is 71.6 Å². The number of hydrogen-bond donors (Lipinski definition) is 2. The summed E-state index contributed by atoms with van der Waals surface area (Å²) in [5.74, 6) is -0.00992. The Kier molecular flexibility index (Phi) is 11.1. The van der Waals surface area contributed by atoms with Crippen LogP contribution in [0.25, 0.3) is 10.8 Å². The summed E-state index contributed by atoms with van der Waals surface area (Å²) in [7, 11) is 0. The first-order valence-corrected chi connectivity index (χ1v) is 15.8. The van der Waals surface area contributed by atoms with Crippen LogP contribution >= 0.6 is 11.8 Å². The lowest BCUT2D eigenvalue weighted by Crippen LogP contribution is -2.59. The third-order valence-electron chi connectivity index (χ3n) is 7.36. The number of aryl methyl sites for hydroxylation is 1. The first-order valence-electron chi connectivity index (χ1n) is 14.4. The maximum absolute atomic E-state index is 14.6. The fourth-order valence-corrected chi connectivity index (χ4v) is 5.30. The molecule has 3 rings (SSSR count). The molecule has 226 valence electrons. The first-order chi connectivity index (χ1) is 19.8. The van der Waals surface area contributed by atoms with Crippen molar-refractivity contribution in [3.05, 3.63) is 77.9 Å². The Morgan fingerprint density at radius 3 is 2.19 bits per heavy atom. The van der Waals surface area contributed by atoms with Crippen LogP contribution in [0.2, 0.25) is 0 Å². The van der Waals surface area contributed by atoms with Crippen molar-refractivity contribution in [1.29, 1.82) is 0 Å². The lowest BCUT2D eigenvalue weighted by atomic mass is 9.90. The second-order valence-electron chi connectivity index (χ2n) is 12.2. The van der Waals surface area contributed by atoms with Crippen molar-refractivity contribution in [3.8, 4) is 0 Å². The molecule has 2 unspecified atom stereocenters. The molecule has 2 atom stereocenters. The van der Waals surface area contributed by atoms with Crippen LogP contribution in [0.4, 0.5) is 10.5 Å². The molecule has 3 aromatic carbocycles. The molecule has 42 heavy (non-hydrogen) atoms. The van der Waals surface area contributed by atoms with Crippen LogP contribution in [0.5, 0.6) is 0 Å². The van der Waals surface area contributed by atoms with E-state index in [2.05, 4.69) is 10.6 Å².